The van der Waals surface area contributed by atoms with Gasteiger partial charge in [-0.05, 0) is 85.4 Å². The monoisotopic (exact) mass is 492 g/mol. The van der Waals surface area contributed by atoms with Crippen molar-refractivity contribution < 1.29 is 9.59 Å². The van der Waals surface area contributed by atoms with Gasteiger partial charge < -0.3 is 16.4 Å². The lowest BCUT2D eigenvalue weighted by Gasteiger charge is -2.46. The van der Waals surface area contributed by atoms with Gasteiger partial charge in [-0.25, -0.2) is 4.98 Å². The molecule has 2 saturated carbocycles. The molecule has 4 aliphatic rings. The zero-order chi connectivity index (χ0) is 21.1. The molecule has 162 valence electrons. The summed E-state index contributed by atoms with van der Waals surface area (Å²) in [7, 11) is 0. The van der Waals surface area contributed by atoms with E-state index in [-0.39, 0.29) is 17.3 Å². The molecule has 1 aromatic rings. The fourth-order valence-corrected chi connectivity index (χ4v) is 8.66. The molecule has 8 heteroatoms. The van der Waals surface area contributed by atoms with Gasteiger partial charge in [0.05, 0.1) is 15.4 Å². The third kappa shape index (κ3) is 2.53. The van der Waals surface area contributed by atoms with Crippen molar-refractivity contribution >= 4 is 39.1 Å². The van der Waals surface area contributed by atoms with Crippen molar-refractivity contribution in [2.75, 3.05) is 19.6 Å². The van der Waals surface area contributed by atoms with Gasteiger partial charge in [0.2, 0.25) is 11.8 Å². The molecular formula is C22H29BrN4O2S. The fourth-order valence-electron chi connectivity index (χ4n) is 7.13. The molecule has 1 saturated heterocycles. The highest BCUT2D eigenvalue weighted by molar-refractivity contribution is 9.11. The maximum Gasteiger partial charge on any atom is 0.232 e. The maximum absolute atomic E-state index is 13.3. The van der Waals surface area contributed by atoms with Crippen molar-refractivity contribution in [1.82, 2.24) is 9.88 Å². The Morgan fingerprint density at radius 2 is 1.83 bits per heavy atom. The minimum atomic E-state index is -1.15. The van der Waals surface area contributed by atoms with Gasteiger partial charge in [0.25, 0.3) is 0 Å². The highest BCUT2D eigenvalue weighted by atomic mass is 79.9. The van der Waals surface area contributed by atoms with Crippen LogP contribution < -0.4 is 11.5 Å². The number of carbonyl (C=O) groups excluding carboxylic acids is 2. The van der Waals surface area contributed by atoms with Crippen LogP contribution in [0.25, 0.3) is 0 Å². The Labute approximate surface area is 189 Å². The maximum atomic E-state index is 13.3. The summed E-state index contributed by atoms with van der Waals surface area (Å²) in [5, 5.41) is 0.642. The topological polar surface area (TPSA) is 102 Å². The summed E-state index contributed by atoms with van der Waals surface area (Å²) < 4.78 is 0.835. The summed E-state index contributed by atoms with van der Waals surface area (Å²) >= 11 is 4.90. The Hall–Kier alpha value is -1.25. The minimum absolute atomic E-state index is 0.0329. The summed E-state index contributed by atoms with van der Waals surface area (Å²) in [6.07, 6.45) is 13.0. The molecule has 4 N–H and O–H groups in total. The largest absolute Gasteiger partial charge is 0.369 e. The van der Waals surface area contributed by atoms with E-state index in [1.165, 1.54) is 24.2 Å². The third-order valence-electron chi connectivity index (χ3n) is 8.40. The Morgan fingerprint density at radius 3 is 2.40 bits per heavy atom. The van der Waals surface area contributed by atoms with Crippen molar-refractivity contribution in [2.24, 2.45) is 34.1 Å². The molecule has 0 aromatic carbocycles. The summed E-state index contributed by atoms with van der Waals surface area (Å²) in [5.74, 6) is -0.978. The molecule has 3 fully saturated rings. The van der Waals surface area contributed by atoms with Crippen LogP contribution >= 0.6 is 27.3 Å². The van der Waals surface area contributed by atoms with E-state index in [1.807, 2.05) is 0 Å². The molecule has 0 unspecified atom stereocenters. The summed E-state index contributed by atoms with van der Waals surface area (Å²) in [4.78, 5) is 33.7. The lowest BCUT2D eigenvalue weighted by Crippen LogP contribution is -2.62. The predicted octanol–water partition coefficient (Wildman–Crippen LogP) is 2.96. The van der Waals surface area contributed by atoms with Crippen LogP contribution in [0.5, 0.6) is 0 Å². The number of rotatable bonds is 8. The number of thiazole rings is 1. The van der Waals surface area contributed by atoms with Gasteiger partial charge in [-0.3, -0.25) is 9.59 Å². The van der Waals surface area contributed by atoms with Crippen molar-refractivity contribution in [3.05, 3.63) is 27.1 Å². The predicted molar refractivity (Wildman–Crippen MR) is 120 cm³/mol. The SMILES string of the molecule is NC(=O)[C@]1(CCCCN2CCCC2)[C@@H]2C=C[C@@H](C23CC3)[C@@]1(C(N)=O)c1ncc(Br)s1. The molecule has 6 nitrogen and oxygen atoms in total. The summed E-state index contributed by atoms with van der Waals surface area (Å²) in [6, 6.07) is 0. The van der Waals surface area contributed by atoms with Crippen molar-refractivity contribution in [3.63, 3.8) is 0 Å². The number of amides is 2. The Kier molecular flexibility index (Phi) is 4.91. The molecule has 1 aromatic heterocycles. The number of allylic oxidation sites excluding steroid dienone is 2. The number of unbranched alkanes of at least 4 members (excludes halogenated alkanes) is 1. The number of likely N-dealkylation sites (tertiary alicyclic amines) is 1. The zero-order valence-corrected chi connectivity index (χ0v) is 19.5. The van der Waals surface area contributed by atoms with E-state index < -0.39 is 22.6 Å². The highest BCUT2D eigenvalue weighted by Gasteiger charge is 2.83. The number of nitrogens with zero attached hydrogens (tertiary/aromatic N) is 2. The standard InChI is InChI=1S/C22H29BrN4O2S/c23-16-13-26-19(30-16)22(18(25)29)15-6-5-14(20(15)8-9-20)21(22,17(24)28)7-1-2-10-27-11-3-4-12-27/h5-6,13-15H,1-4,7-12H2,(H2,24,28)(H2,25,29)/t14-,15+,21+,22-/m1/s1. The van der Waals surface area contributed by atoms with Crippen LogP contribution in [0.15, 0.2) is 22.1 Å². The number of hydrogen-bond donors (Lipinski definition) is 2. The van der Waals surface area contributed by atoms with Gasteiger partial charge in [-0.2, -0.15) is 0 Å². The van der Waals surface area contributed by atoms with E-state index >= 15 is 0 Å². The molecule has 4 atom stereocenters. The van der Waals surface area contributed by atoms with Gasteiger partial charge >= 0.3 is 0 Å². The molecule has 1 aliphatic heterocycles. The van der Waals surface area contributed by atoms with Crippen molar-refractivity contribution in [3.8, 4) is 0 Å². The van der Waals surface area contributed by atoms with Crippen LogP contribution in [0, 0.1) is 22.7 Å². The molecule has 2 heterocycles. The molecule has 30 heavy (non-hydrogen) atoms. The normalized spacial score (nSPS) is 36.0. The van der Waals surface area contributed by atoms with Crippen LogP contribution in [0.3, 0.4) is 0 Å². The number of carbonyl (C=O) groups is 2. The van der Waals surface area contributed by atoms with E-state index in [1.54, 1.807) is 6.20 Å². The lowest BCUT2D eigenvalue weighted by molar-refractivity contribution is -0.143. The Morgan fingerprint density at radius 1 is 1.13 bits per heavy atom. The van der Waals surface area contributed by atoms with Gasteiger partial charge in [-0.1, -0.05) is 18.6 Å². The second kappa shape index (κ2) is 7.14. The van der Waals surface area contributed by atoms with Crippen molar-refractivity contribution in [2.45, 2.75) is 50.4 Å². The highest BCUT2D eigenvalue weighted by Crippen LogP contribution is 2.80. The van der Waals surface area contributed by atoms with E-state index in [0.717, 1.165) is 49.1 Å². The van der Waals surface area contributed by atoms with Gasteiger partial charge in [0, 0.05) is 5.92 Å². The third-order valence-corrected chi connectivity index (χ3v) is 10.0. The average Bonchev–Trinajstić information content (AvgIpc) is 3.04. The Bertz CT molecular complexity index is 907. The zero-order valence-electron chi connectivity index (χ0n) is 17.1. The molecule has 5 rings (SSSR count). The van der Waals surface area contributed by atoms with E-state index in [4.69, 9.17) is 11.5 Å². The number of primary amides is 2. The molecule has 0 radical (unpaired) electrons. The summed E-state index contributed by atoms with van der Waals surface area (Å²) in [5.41, 5.74) is 10.2. The number of aromatic nitrogens is 1. The molecular weight excluding hydrogens is 464 g/mol. The first-order valence-electron chi connectivity index (χ1n) is 11.0. The minimum Gasteiger partial charge on any atom is -0.369 e. The Balaban J connectivity index is 1.55. The summed E-state index contributed by atoms with van der Waals surface area (Å²) in [6.45, 7) is 3.36. The van der Waals surface area contributed by atoms with E-state index in [0.29, 0.717) is 11.4 Å². The van der Waals surface area contributed by atoms with Crippen LogP contribution in [0.4, 0.5) is 0 Å². The van der Waals surface area contributed by atoms with Gasteiger partial charge in [-0.15, -0.1) is 11.3 Å². The fraction of sp³-hybridized carbons (Fsp3) is 0.682. The molecule has 1 spiro atoms. The lowest BCUT2D eigenvalue weighted by atomic mass is 9.55. The number of hydrogen-bond acceptors (Lipinski definition) is 5. The number of nitrogens with two attached hydrogens (primary N) is 2. The van der Waals surface area contributed by atoms with Gasteiger partial charge in [0.1, 0.15) is 10.4 Å². The molecule has 2 bridgehead atoms. The first-order chi connectivity index (χ1) is 14.4. The second-order valence-electron chi connectivity index (χ2n) is 9.56. The van der Waals surface area contributed by atoms with Crippen LogP contribution in [0.2, 0.25) is 0 Å². The molecule has 2 amide bonds. The average molecular weight is 493 g/mol. The van der Waals surface area contributed by atoms with Crippen LogP contribution in [-0.2, 0) is 15.0 Å². The second-order valence-corrected chi connectivity index (χ2v) is 12.0. The van der Waals surface area contributed by atoms with Crippen molar-refractivity contribution in [1.29, 1.82) is 0 Å². The molecule has 3 aliphatic carbocycles. The quantitative estimate of drug-likeness (QED) is 0.429. The smallest absolute Gasteiger partial charge is 0.232 e. The number of halogens is 1. The first-order valence-corrected chi connectivity index (χ1v) is 12.6. The first kappa shape index (κ1) is 20.6. The van der Waals surface area contributed by atoms with Crippen LogP contribution in [-0.4, -0.2) is 41.3 Å². The van der Waals surface area contributed by atoms with E-state index in [2.05, 4.69) is 38.0 Å². The van der Waals surface area contributed by atoms with Crippen LogP contribution in [0.1, 0.15) is 50.0 Å². The van der Waals surface area contributed by atoms with E-state index in [9.17, 15) is 9.59 Å². The van der Waals surface area contributed by atoms with Gasteiger partial charge in [0.15, 0.2) is 0 Å².